The van der Waals surface area contributed by atoms with Crippen molar-refractivity contribution >= 4 is 68.3 Å². The number of amides is 2. The predicted molar refractivity (Wildman–Crippen MR) is 164 cm³/mol. The van der Waals surface area contributed by atoms with Crippen molar-refractivity contribution < 1.29 is 28.6 Å². The SMILES string of the molecule is CCOc1cc(/C=C2\SC(=O)N(CCOc3cccc4ccccc34)C2=O)cc(I)c1OC(=O)c1ccccc1. The number of benzene rings is 4. The monoisotopic (exact) mass is 665 g/mol. The van der Waals surface area contributed by atoms with Crippen molar-refractivity contribution in [1.29, 1.82) is 0 Å². The first kappa shape index (κ1) is 27.7. The van der Waals surface area contributed by atoms with Crippen molar-refractivity contribution in [3.05, 3.63) is 105 Å². The minimum Gasteiger partial charge on any atom is -0.491 e. The van der Waals surface area contributed by atoms with Crippen molar-refractivity contribution in [1.82, 2.24) is 4.90 Å². The smallest absolute Gasteiger partial charge is 0.343 e. The topological polar surface area (TPSA) is 82.1 Å². The highest BCUT2D eigenvalue weighted by molar-refractivity contribution is 14.1. The minimum atomic E-state index is -0.501. The molecule has 0 spiro atoms. The second kappa shape index (κ2) is 12.6. The first-order valence-electron chi connectivity index (χ1n) is 12.5. The van der Waals surface area contributed by atoms with E-state index in [9.17, 15) is 14.4 Å². The summed E-state index contributed by atoms with van der Waals surface area (Å²) in [6.45, 7) is 2.48. The molecule has 202 valence electrons. The third-order valence-corrected chi connectivity index (χ3v) is 7.74. The van der Waals surface area contributed by atoms with Gasteiger partial charge in [0.25, 0.3) is 11.1 Å². The van der Waals surface area contributed by atoms with Crippen LogP contribution in [0.4, 0.5) is 4.79 Å². The highest BCUT2D eigenvalue weighted by Crippen LogP contribution is 2.38. The van der Waals surface area contributed by atoms with E-state index >= 15 is 0 Å². The van der Waals surface area contributed by atoms with E-state index < -0.39 is 5.97 Å². The largest absolute Gasteiger partial charge is 0.491 e. The fourth-order valence-corrected chi connectivity index (χ4v) is 5.77. The number of imide groups is 1. The number of carbonyl (C=O) groups is 3. The fraction of sp³-hybridized carbons (Fsp3) is 0.129. The second-order valence-electron chi connectivity index (χ2n) is 8.68. The molecule has 0 unspecified atom stereocenters. The Balaban J connectivity index is 1.30. The molecule has 9 heteroatoms. The maximum absolute atomic E-state index is 13.1. The summed E-state index contributed by atoms with van der Waals surface area (Å²) < 4.78 is 18.0. The molecular formula is C31H24INO6S. The molecule has 0 aliphatic carbocycles. The summed E-state index contributed by atoms with van der Waals surface area (Å²) in [6, 6.07) is 25.8. The third-order valence-electron chi connectivity index (χ3n) is 6.03. The van der Waals surface area contributed by atoms with Crippen molar-refractivity contribution in [2.45, 2.75) is 6.92 Å². The molecule has 1 aliphatic heterocycles. The Hall–Kier alpha value is -3.83. The Labute approximate surface area is 249 Å². The van der Waals surface area contributed by atoms with Crippen LogP contribution in [-0.4, -0.2) is 41.8 Å². The van der Waals surface area contributed by atoms with Crippen LogP contribution in [0.1, 0.15) is 22.8 Å². The lowest BCUT2D eigenvalue weighted by molar-refractivity contribution is -0.123. The summed E-state index contributed by atoms with van der Waals surface area (Å²) in [6.07, 6.45) is 1.64. The molecule has 7 nitrogen and oxygen atoms in total. The normalized spacial score (nSPS) is 14.2. The number of hydrogen-bond donors (Lipinski definition) is 0. The molecule has 0 atom stereocenters. The lowest BCUT2D eigenvalue weighted by Crippen LogP contribution is -2.32. The van der Waals surface area contributed by atoms with Gasteiger partial charge in [0.2, 0.25) is 0 Å². The van der Waals surface area contributed by atoms with E-state index in [1.54, 1.807) is 42.5 Å². The molecule has 40 heavy (non-hydrogen) atoms. The Morgan fingerprint density at radius 1 is 0.925 bits per heavy atom. The van der Waals surface area contributed by atoms with Gasteiger partial charge in [-0.2, -0.15) is 0 Å². The van der Waals surface area contributed by atoms with Gasteiger partial charge in [0.05, 0.1) is 27.2 Å². The number of ether oxygens (including phenoxy) is 3. The zero-order valence-corrected chi connectivity index (χ0v) is 24.4. The average Bonchev–Trinajstić information content (AvgIpc) is 3.22. The van der Waals surface area contributed by atoms with Crippen molar-refractivity contribution in [2.75, 3.05) is 19.8 Å². The maximum Gasteiger partial charge on any atom is 0.343 e. The molecule has 1 aliphatic rings. The Bertz CT molecular complexity index is 1620. The lowest BCUT2D eigenvalue weighted by atomic mass is 10.1. The molecule has 0 saturated carbocycles. The molecule has 0 N–H and O–H groups in total. The first-order valence-corrected chi connectivity index (χ1v) is 14.4. The van der Waals surface area contributed by atoms with Gasteiger partial charge in [0.1, 0.15) is 12.4 Å². The minimum absolute atomic E-state index is 0.126. The third kappa shape index (κ3) is 6.15. The number of halogens is 1. The fourth-order valence-electron chi connectivity index (χ4n) is 4.17. The number of nitrogens with zero attached hydrogens (tertiary/aromatic N) is 1. The number of esters is 1. The van der Waals surface area contributed by atoms with E-state index in [1.807, 2.05) is 55.5 Å². The highest BCUT2D eigenvalue weighted by atomic mass is 127. The quantitative estimate of drug-likeness (QED) is 0.0811. The second-order valence-corrected chi connectivity index (χ2v) is 10.8. The van der Waals surface area contributed by atoms with Gasteiger partial charge >= 0.3 is 5.97 Å². The molecule has 4 aromatic rings. The van der Waals surface area contributed by atoms with Crippen LogP contribution in [0.15, 0.2) is 89.8 Å². The highest BCUT2D eigenvalue weighted by Gasteiger charge is 2.35. The standard InChI is InChI=1S/C31H24INO6S/c1-2-37-26-18-20(17-24(32)28(26)39-30(35)22-10-4-3-5-11-22)19-27-29(34)33(31(36)40-27)15-16-38-25-14-8-12-21-9-6-7-13-23(21)25/h3-14,17-19H,2,15-16H2,1H3/b27-19-. The first-order chi connectivity index (χ1) is 19.4. The lowest BCUT2D eigenvalue weighted by Gasteiger charge is -2.14. The summed E-state index contributed by atoms with van der Waals surface area (Å²) in [7, 11) is 0. The van der Waals surface area contributed by atoms with Crippen molar-refractivity contribution in [3.63, 3.8) is 0 Å². The number of rotatable bonds is 9. The predicted octanol–water partition coefficient (Wildman–Crippen LogP) is 7.18. The maximum atomic E-state index is 13.1. The molecule has 2 amide bonds. The molecule has 1 fully saturated rings. The average molecular weight is 666 g/mol. The molecular weight excluding hydrogens is 641 g/mol. The molecule has 5 rings (SSSR count). The number of hydrogen-bond acceptors (Lipinski definition) is 7. The van der Waals surface area contributed by atoms with Gasteiger partial charge in [-0.1, -0.05) is 54.6 Å². The molecule has 0 radical (unpaired) electrons. The molecule has 1 heterocycles. The van der Waals surface area contributed by atoms with Crippen LogP contribution in [0, 0.1) is 3.57 Å². The van der Waals surface area contributed by atoms with Crippen LogP contribution < -0.4 is 14.2 Å². The van der Waals surface area contributed by atoms with Crippen LogP contribution >= 0.6 is 34.4 Å². The molecule has 4 aromatic carbocycles. The molecule has 0 aromatic heterocycles. The Morgan fingerprint density at radius 3 is 2.48 bits per heavy atom. The van der Waals surface area contributed by atoms with Gasteiger partial charge in [0.15, 0.2) is 11.5 Å². The van der Waals surface area contributed by atoms with Crippen LogP contribution in [-0.2, 0) is 4.79 Å². The number of fused-ring (bicyclic) bond motifs is 1. The summed E-state index contributed by atoms with van der Waals surface area (Å²) in [5.41, 5.74) is 1.06. The van der Waals surface area contributed by atoms with Gasteiger partial charge in [-0.05, 0) is 88.6 Å². The van der Waals surface area contributed by atoms with Gasteiger partial charge in [-0.15, -0.1) is 0 Å². The Morgan fingerprint density at radius 2 is 1.68 bits per heavy atom. The summed E-state index contributed by atoms with van der Waals surface area (Å²) in [5.74, 6) is 0.481. The van der Waals surface area contributed by atoms with Gasteiger partial charge in [-0.25, -0.2) is 4.79 Å². The van der Waals surface area contributed by atoms with Crippen LogP contribution in [0.2, 0.25) is 0 Å². The van der Waals surface area contributed by atoms with Crippen LogP contribution in [0.25, 0.3) is 16.8 Å². The van der Waals surface area contributed by atoms with Gasteiger partial charge in [0, 0.05) is 5.39 Å². The van der Waals surface area contributed by atoms with Gasteiger partial charge < -0.3 is 14.2 Å². The summed E-state index contributed by atoms with van der Waals surface area (Å²) in [5, 5.41) is 1.67. The number of thioether (sulfide) groups is 1. The van der Waals surface area contributed by atoms with Gasteiger partial charge in [-0.3, -0.25) is 14.5 Å². The molecule has 1 saturated heterocycles. The van der Waals surface area contributed by atoms with E-state index in [0.717, 1.165) is 22.5 Å². The summed E-state index contributed by atoms with van der Waals surface area (Å²) in [4.78, 5) is 39.9. The number of carbonyl (C=O) groups excluding carboxylic acids is 3. The van der Waals surface area contributed by atoms with E-state index in [-0.39, 0.29) is 24.3 Å². The van der Waals surface area contributed by atoms with E-state index in [4.69, 9.17) is 14.2 Å². The van der Waals surface area contributed by atoms with Crippen molar-refractivity contribution in [2.24, 2.45) is 0 Å². The zero-order chi connectivity index (χ0) is 28.1. The van der Waals surface area contributed by atoms with Crippen molar-refractivity contribution in [3.8, 4) is 17.2 Å². The Kier molecular flexibility index (Phi) is 8.71. The van der Waals surface area contributed by atoms with Crippen LogP contribution in [0.3, 0.4) is 0 Å². The molecule has 0 bridgehead atoms. The van der Waals surface area contributed by atoms with E-state index in [2.05, 4.69) is 22.6 Å². The summed E-state index contributed by atoms with van der Waals surface area (Å²) >= 11 is 2.94. The zero-order valence-electron chi connectivity index (χ0n) is 21.5. The van der Waals surface area contributed by atoms with E-state index in [0.29, 0.717) is 43.5 Å². The van der Waals surface area contributed by atoms with E-state index in [1.165, 1.54) is 4.90 Å². The van der Waals surface area contributed by atoms with Crippen LogP contribution in [0.5, 0.6) is 17.2 Å².